The number of rotatable bonds is 6. The Morgan fingerprint density at radius 3 is 2.64 bits per heavy atom. The van der Waals surface area contributed by atoms with Gasteiger partial charge in [-0.15, -0.1) is 0 Å². The highest BCUT2D eigenvalue weighted by atomic mass is 35.5. The van der Waals surface area contributed by atoms with Crippen LogP contribution in [0.1, 0.15) is 24.2 Å². The number of imidazole rings is 1. The van der Waals surface area contributed by atoms with Gasteiger partial charge in [-0.3, -0.25) is 4.90 Å². The first kappa shape index (κ1) is 19.4. The number of halogens is 1. The van der Waals surface area contributed by atoms with Crippen LogP contribution < -0.4 is 0 Å². The number of hydrogen-bond donors (Lipinski definition) is 1. The number of hydrogen-bond acceptors (Lipinski definition) is 4. The van der Waals surface area contributed by atoms with E-state index in [9.17, 15) is 5.11 Å². The Labute approximate surface area is 170 Å². The minimum atomic E-state index is -0.258. The van der Waals surface area contributed by atoms with Gasteiger partial charge in [-0.1, -0.05) is 41.9 Å². The van der Waals surface area contributed by atoms with Crippen LogP contribution in [0, 0.1) is 0 Å². The van der Waals surface area contributed by atoms with Crippen LogP contribution in [0.25, 0.3) is 11.0 Å². The molecule has 1 aliphatic heterocycles. The lowest BCUT2D eigenvalue weighted by molar-refractivity contribution is -0.0503. The maximum absolute atomic E-state index is 10.1. The lowest BCUT2D eigenvalue weighted by Gasteiger charge is -2.43. The average Bonchev–Trinajstić information content (AvgIpc) is 3.05. The van der Waals surface area contributed by atoms with Gasteiger partial charge in [-0.25, -0.2) is 4.98 Å². The van der Waals surface area contributed by atoms with Gasteiger partial charge in [0.15, 0.2) is 0 Å². The second kappa shape index (κ2) is 8.21. The van der Waals surface area contributed by atoms with Gasteiger partial charge in [0.25, 0.3) is 0 Å². The number of fused-ring (bicyclic) bond motifs is 1. The van der Waals surface area contributed by atoms with E-state index in [1.54, 1.807) is 0 Å². The average molecular weight is 400 g/mol. The van der Waals surface area contributed by atoms with Crippen molar-refractivity contribution in [3.63, 3.8) is 0 Å². The van der Waals surface area contributed by atoms with Crippen molar-refractivity contribution in [2.45, 2.75) is 31.5 Å². The Hall–Kier alpha value is -1.92. The third-order valence-corrected chi connectivity index (χ3v) is 6.11. The van der Waals surface area contributed by atoms with Crippen LogP contribution >= 0.6 is 11.6 Å². The predicted molar refractivity (Wildman–Crippen MR) is 112 cm³/mol. The summed E-state index contributed by atoms with van der Waals surface area (Å²) in [4.78, 5) is 7.13. The second-order valence-electron chi connectivity index (χ2n) is 7.58. The molecule has 1 N–H and O–H groups in total. The lowest BCUT2D eigenvalue weighted by Crippen LogP contribution is -2.52. The number of aromatic nitrogens is 2. The smallest absolute Gasteiger partial charge is 0.124 e. The molecule has 1 fully saturated rings. The number of benzene rings is 2. The Balaban J connectivity index is 1.70. The molecule has 0 atom stereocenters. The van der Waals surface area contributed by atoms with E-state index in [1.807, 2.05) is 24.3 Å². The molecule has 5 nitrogen and oxygen atoms in total. The Kier molecular flexibility index (Phi) is 5.69. The number of ether oxygens (including phenoxy) is 1. The second-order valence-corrected chi connectivity index (χ2v) is 8.02. The molecule has 1 saturated heterocycles. The molecule has 3 aromatic rings. The molecule has 4 rings (SSSR count). The van der Waals surface area contributed by atoms with Crippen molar-refractivity contribution in [3.05, 3.63) is 64.9 Å². The maximum atomic E-state index is 10.1. The quantitative estimate of drug-likeness (QED) is 0.686. The fourth-order valence-electron chi connectivity index (χ4n) is 4.01. The molecule has 0 saturated carbocycles. The molecule has 0 bridgehead atoms. The molecule has 148 valence electrons. The highest BCUT2D eigenvalue weighted by Gasteiger charge is 2.36. The van der Waals surface area contributed by atoms with Crippen molar-refractivity contribution in [3.8, 4) is 0 Å². The predicted octanol–water partition coefficient (Wildman–Crippen LogP) is 3.71. The van der Waals surface area contributed by atoms with Gasteiger partial charge in [0, 0.05) is 30.3 Å². The Bertz CT molecular complexity index is 936. The van der Waals surface area contributed by atoms with Crippen LogP contribution in [0.3, 0.4) is 0 Å². The van der Waals surface area contributed by atoms with Crippen molar-refractivity contribution in [2.24, 2.45) is 0 Å². The van der Waals surface area contributed by atoms with E-state index in [-0.39, 0.29) is 12.1 Å². The lowest BCUT2D eigenvalue weighted by atomic mass is 9.89. The van der Waals surface area contributed by atoms with Gasteiger partial charge in [0.1, 0.15) is 5.82 Å². The molecule has 0 unspecified atom stereocenters. The van der Waals surface area contributed by atoms with E-state index in [0.29, 0.717) is 24.8 Å². The van der Waals surface area contributed by atoms with E-state index < -0.39 is 0 Å². The highest BCUT2D eigenvalue weighted by molar-refractivity contribution is 6.31. The fourth-order valence-corrected chi connectivity index (χ4v) is 4.17. The van der Waals surface area contributed by atoms with Crippen molar-refractivity contribution in [1.29, 1.82) is 0 Å². The molecule has 28 heavy (non-hydrogen) atoms. The van der Waals surface area contributed by atoms with E-state index in [2.05, 4.69) is 40.8 Å². The van der Waals surface area contributed by atoms with E-state index in [1.165, 1.54) is 5.56 Å². The zero-order valence-corrected chi connectivity index (χ0v) is 16.9. The molecular formula is C22H26ClN3O2. The summed E-state index contributed by atoms with van der Waals surface area (Å²) in [6.07, 6.45) is 1.65. The summed E-state index contributed by atoms with van der Waals surface area (Å²) < 4.78 is 7.77. The monoisotopic (exact) mass is 399 g/mol. The zero-order chi connectivity index (χ0) is 19.6. The molecule has 0 radical (unpaired) electrons. The van der Waals surface area contributed by atoms with Crippen molar-refractivity contribution >= 4 is 22.6 Å². The fraction of sp³-hybridized carbons (Fsp3) is 0.409. The van der Waals surface area contributed by atoms with Crippen LogP contribution in [-0.2, 0) is 17.8 Å². The van der Waals surface area contributed by atoms with Crippen LogP contribution in [0.15, 0.2) is 48.5 Å². The maximum Gasteiger partial charge on any atom is 0.124 e. The molecule has 1 aliphatic rings. The number of aliphatic hydroxyl groups is 1. The first-order valence-corrected chi connectivity index (χ1v) is 10.1. The van der Waals surface area contributed by atoms with E-state index >= 15 is 0 Å². The van der Waals surface area contributed by atoms with Gasteiger partial charge in [-0.2, -0.15) is 0 Å². The van der Waals surface area contributed by atoms with E-state index in [0.717, 1.165) is 36.2 Å². The largest absolute Gasteiger partial charge is 0.394 e. The number of likely N-dealkylation sites (N-methyl/N-ethyl adjacent to an activating group) is 1. The van der Waals surface area contributed by atoms with Gasteiger partial charge in [-0.05, 0) is 43.7 Å². The van der Waals surface area contributed by atoms with Crippen molar-refractivity contribution in [2.75, 3.05) is 26.9 Å². The summed E-state index contributed by atoms with van der Waals surface area (Å²) in [5, 5.41) is 10.8. The summed E-state index contributed by atoms with van der Waals surface area (Å²) in [5.41, 5.74) is 2.94. The number of nitrogens with zero attached hydrogens (tertiary/aromatic N) is 3. The first-order chi connectivity index (χ1) is 13.6. The summed E-state index contributed by atoms with van der Waals surface area (Å²) in [6.45, 7) is 2.89. The summed E-state index contributed by atoms with van der Waals surface area (Å²) >= 11 is 6.21. The van der Waals surface area contributed by atoms with Crippen LogP contribution in [0.4, 0.5) is 0 Å². The normalized spacial score (nSPS) is 16.7. The van der Waals surface area contributed by atoms with E-state index in [4.69, 9.17) is 21.3 Å². The van der Waals surface area contributed by atoms with Gasteiger partial charge in [0.05, 0.1) is 24.2 Å². The molecule has 0 aliphatic carbocycles. The minimum absolute atomic E-state index is 0.123. The number of aliphatic hydroxyl groups excluding tert-OH is 1. The van der Waals surface area contributed by atoms with Crippen LogP contribution in [0.2, 0.25) is 5.02 Å². The molecule has 1 aromatic heterocycles. The SMILES string of the molecule is CN(Cc1nc2cc(Cl)ccc2n1Cc1ccccc1)C1(CO)CCOCC1. The third-order valence-electron chi connectivity index (χ3n) is 5.88. The molecule has 0 amide bonds. The van der Waals surface area contributed by atoms with Crippen LogP contribution in [-0.4, -0.2) is 52.0 Å². The van der Waals surface area contributed by atoms with Crippen LogP contribution in [0.5, 0.6) is 0 Å². The van der Waals surface area contributed by atoms with Crippen molar-refractivity contribution < 1.29 is 9.84 Å². The zero-order valence-electron chi connectivity index (χ0n) is 16.1. The van der Waals surface area contributed by atoms with Gasteiger partial charge < -0.3 is 14.4 Å². The first-order valence-electron chi connectivity index (χ1n) is 9.70. The Morgan fingerprint density at radius 2 is 1.93 bits per heavy atom. The summed E-state index contributed by atoms with van der Waals surface area (Å²) in [7, 11) is 2.07. The molecule has 2 heterocycles. The minimum Gasteiger partial charge on any atom is -0.394 e. The van der Waals surface area contributed by atoms with Crippen molar-refractivity contribution in [1.82, 2.24) is 14.5 Å². The topological polar surface area (TPSA) is 50.5 Å². The standard InChI is InChI=1S/C22H26ClN3O2/c1-25(22(16-27)9-11-28-12-10-22)15-21-24-19-13-18(23)7-8-20(19)26(21)14-17-5-3-2-4-6-17/h2-8,13,27H,9-12,14-16H2,1H3. The van der Waals surface area contributed by atoms with Gasteiger partial charge in [0.2, 0.25) is 0 Å². The third kappa shape index (κ3) is 3.80. The summed E-state index contributed by atoms with van der Waals surface area (Å²) in [6, 6.07) is 16.3. The molecule has 2 aromatic carbocycles. The summed E-state index contributed by atoms with van der Waals surface area (Å²) in [5.74, 6) is 0.975. The molecule has 6 heteroatoms. The Morgan fingerprint density at radius 1 is 1.18 bits per heavy atom. The highest BCUT2D eigenvalue weighted by Crippen LogP contribution is 2.29. The molecular weight excluding hydrogens is 374 g/mol. The molecule has 0 spiro atoms. The van der Waals surface area contributed by atoms with Gasteiger partial charge >= 0.3 is 0 Å².